The lowest BCUT2D eigenvalue weighted by molar-refractivity contribution is -0.125. The van der Waals surface area contributed by atoms with Crippen LogP contribution in [0.15, 0.2) is 42.5 Å². The van der Waals surface area contributed by atoms with Gasteiger partial charge in [-0.25, -0.2) is 0 Å². The van der Waals surface area contributed by atoms with Crippen LogP contribution in [0.2, 0.25) is 0 Å². The molecule has 0 aromatic heterocycles. The molecule has 6 heteroatoms. The molecule has 0 aliphatic rings. The van der Waals surface area contributed by atoms with Gasteiger partial charge in [-0.3, -0.25) is 9.59 Å². The average molecular weight is 356 g/mol. The van der Waals surface area contributed by atoms with E-state index in [4.69, 9.17) is 9.47 Å². The molecular formula is C20H24N2O4. The van der Waals surface area contributed by atoms with E-state index in [0.29, 0.717) is 18.0 Å². The van der Waals surface area contributed by atoms with Crippen molar-refractivity contribution < 1.29 is 19.1 Å². The number of rotatable bonds is 8. The van der Waals surface area contributed by atoms with Crippen LogP contribution < -0.4 is 20.1 Å². The summed E-state index contributed by atoms with van der Waals surface area (Å²) in [7, 11) is 3.13. The second-order valence-corrected chi connectivity index (χ2v) is 5.91. The number of methoxy groups -OCH3 is 2. The zero-order valence-electron chi connectivity index (χ0n) is 15.3. The fourth-order valence-corrected chi connectivity index (χ4v) is 2.50. The molecule has 2 aromatic rings. The number of carbonyl (C=O) groups is 2. The Morgan fingerprint density at radius 3 is 2.35 bits per heavy atom. The van der Waals surface area contributed by atoms with E-state index in [1.165, 1.54) is 0 Å². The molecule has 0 heterocycles. The average Bonchev–Trinajstić information content (AvgIpc) is 2.64. The first-order valence-corrected chi connectivity index (χ1v) is 8.31. The molecule has 2 amide bonds. The van der Waals surface area contributed by atoms with Gasteiger partial charge in [-0.15, -0.1) is 0 Å². The molecule has 0 aliphatic carbocycles. The molecule has 0 radical (unpaired) electrons. The van der Waals surface area contributed by atoms with E-state index in [0.717, 1.165) is 16.7 Å². The lowest BCUT2D eigenvalue weighted by atomic mass is 10.1. The standard InChI is InChI=1S/C20H24N2O4/c1-14-5-4-6-15(9-14)11-19(23)22-13-20(24)21-12-16-7-8-17(25-2)18(10-16)26-3/h4-10H,11-13H2,1-3H3,(H,21,24)(H,22,23). The predicted molar refractivity (Wildman–Crippen MR) is 99.3 cm³/mol. The van der Waals surface area contributed by atoms with E-state index in [1.807, 2.05) is 37.3 Å². The predicted octanol–water partition coefficient (Wildman–Crippen LogP) is 1.99. The number of aryl methyl sites for hydroxylation is 1. The van der Waals surface area contributed by atoms with Crippen molar-refractivity contribution >= 4 is 11.8 Å². The minimum atomic E-state index is -0.252. The summed E-state index contributed by atoms with van der Waals surface area (Å²) in [6.45, 7) is 2.26. The molecule has 2 N–H and O–H groups in total. The molecule has 0 atom stereocenters. The molecule has 0 fully saturated rings. The van der Waals surface area contributed by atoms with Crippen LogP contribution in [-0.4, -0.2) is 32.6 Å². The Hall–Kier alpha value is -3.02. The van der Waals surface area contributed by atoms with E-state index in [2.05, 4.69) is 10.6 Å². The normalized spacial score (nSPS) is 10.1. The summed E-state index contributed by atoms with van der Waals surface area (Å²) >= 11 is 0. The zero-order chi connectivity index (χ0) is 18.9. The maximum atomic E-state index is 11.9. The van der Waals surface area contributed by atoms with Gasteiger partial charge >= 0.3 is 0 Å². The number of amides is 2. The molecular weight excluding hydrogens is 332 g/mol. The second-order valence-electron chi connectivity index (χ2n) is 5.91. The lowest BCUT2D eigenvalue weighted by Crippen LogP contribution is -2.37. The minimum Gasteiger partial charge on any atom is -0.493 e. The summed E-state index contributed by atoms with van der Waals surface area (Å²) in [5.41, 5.74) is 2.90. The molecule has 0 aliphatic heterocycles. The Morgan fingerprint density at radius 2 is 1.65 bits per heavy atom. The van der Waals surface area contributed by atoms with Crippen molar-refractivity contribution in [2.45, 2.75) is 19.9 Å². The summed E-state index contributed by atoms with van der Waals surface area (Å²) in [4.78, 5) is 23.9. The van der Waals surface area contributed by atoms with Crippen molar-refractivity contribution in [1.29, 1.82) is 0 Å². The number of benzene rings is 2. The van der Waals surface area contributed by atoms with Crippen molar-refractivity contribution in [3.63, 3.8) is 0 Å². The molecule has 2 rings (SSSR count). The van der Waals surface area contributed by atoms with Crippen molar-refractivity contribution in [2.24, 2.45) is 0 Å². The molecule has 0 saturated heterocycles. The first kappa shape index (κ1) is 19.3. The third-order valence-electron chi connectivity index (χ3n) is 3.83. The van der Waals surface area contributed by atoms with E-state index < -0.39 is 0 Å². The van der Waals surface area contributed by atoms with Gasteiger partial charge in [-0.1, -0.05) is 35.9 Å². The maximum Gasteiger partial charge on any atom is 0.239 e. The number of ether oxygens (including phenoxy) is 2. The minimum absolute atomic E-state index is 0.0576. The summed E-state index contributed by atoms with van der Waals surface area (Å²) in [6.07, 6.45) is 0.255. The summed E-state index contributed by atoms with van der Waals surface area (Å²) < 4.78 is 10.4. The molecule has 26 heavy (non-hydrogen) atoms. The number of carbonyl (C=O) groups excluding carboxylic acids is 2. The van der Waals surface area contributed by atoms with Gasteiger partial charge in [0.2, 0.25) is 11.8 Å². The van der Waals surface area contributed by atoms with Crippen LogP contribution in [0.1, 0.15) is 16.7 Å². The van der Waals surface area contributed by atoms with E-state index in [9.17, 15) is 9.59 Å². The number of hydrogen-bond donors (Lipinski definition) is 2. The third kappa shape index (κ3) is 5.81. The Labute approximate surface area is 153 Å². The topological polar surface area (TPSA) is 76.7 Å². The maximum absolute atomic E-state index is 11.9. The fraction of sp³-hybridized carbons (Fsp3) is 0.300. The summed E-state index contributed by atoms with van der Waals surface area (Å²) in [6, 6.07) is 13.2. The van der Waals surface area contributed by atoms with Crippen LogP contribution in [-0.2, 0) is 22.6 Å². The highest BCUT2D eigenvalue weighted by molar-refractivity contribution is 5.85. The largest absolute Gasteiger partial charge is 0.493 e. The molecule has 138 valence electrons. The van der Waals surface area contributed by atoms with Gasteiger partial charge in [0.1, 0.15) is 0 Å². The molecule has 0 saturated carbocycles. The highest BCUT2D eigenvalue weighted by Crippen LogP contribution is 2.27. The van der Waals surface area contributed by atoms with Gasteiger partial charge in [-0.2, -0.15) is 0 Å². The van der Waals surface area contributed by atoms with Crippen LogP contribution >= 0.6 is 0 Å². The summed E-state index contributed by atoms with van der Waals surface area (Å²) in [5, 5.41) is 5.40. The highest BCUT2D eigenvalue weighted by Gasteiger charge is 2.08. The van der Waals surface area contributed by atoms with Crippen molar-refractivity contribution in [3.8, 4) is 11.5 Å². The van der Waals surface area contributed by atoms with Crippen LogP contribution in [0.25, 0.3) is 0 Å². The van der Waals surface area contributed by atoms with Crippen LogP contribution in [0, 0.1) is 6.92 Å². The van der Waals surface area contributed by atoms with Crippen LogP contribution in [0.5, 0.6) is 11.5 Å². The molecule has 0 unspecified atom stereocenters. The van der Waals surface area contributed by atoms with Crippen LogP contribution in [0.3, 0.4) is 0 Å². The van der Waals surface area contributed by atoms with Gasteiger partial charge in [-0.05, 0) is 30.2 Å². The van der Waals surface area contributed by atoms with Gasteiger partial charge in [0.15, 0.2) is 11.5 Å². The quantitative estimate of drug-likeness (QED) is 0.758. The van der Waals surface area contributed by atoms with E-state index in [-0.39, 0.29) is 24.8 Å². The summed E-state index contributed by atoms with van der Waals surface area (Å²) in [5.74, 6) is 0.797. The first-order chi connectivity index (χ1) is 12.5. The Balaban J connectivity index is 1.77. The molecule has 2 aromatic carbocycles. The third-order valence-corrected chi connectivity index (χ3v) is 3.83. The monoisotopic (exact) mass is 356 g/mol. The number of hydrogen-bond acceptors (Lipinski definition) is 4. The molecule has 0 spiro atoms. The van der Waals surface area contributed by atoms with Gasteiger partial charge in [0.25, 0.3) is 0 Å². The van der Waals surface area contributed by atoms with Crippen molar-refractivity contribution in [3.05, 3.63) is 59.2 Å². The number of nitrogens with one attached hydrogen (secondary N) is 2. The first-order valence-electron chi connectivity index (χ1n) is 8.31. The Kier molecular flexibility index (Phi) is 7.02. The highest BCUT2D eigenvalue weighted by atomic mass is 16.5. The van der Waals surface area contributed by atoms with Crippen molar-refractivity contribution in [2.75, 3.05) is 20.8 Å². The fourth-order valence-electron chi connectivity index (χ4n) is 2.50. The lowest BCUT2D eigenvalue weighted by Gasteiger charge is -2.11. The van der Waals surface area contributed by atoms with E-state index >= 15 is 0 Å². The zero-order valence-corrected chi connectivity index (χ0v) is 15.3. The smallest absolute Gasteiger partial charge is 0.239 e. The van der Waals surface area contributed by atoms with Crippen LogP contribution in [0.4, 0.5) is 0 Å². The second kappa shape index (κ2) is 9.46. The Bertz CT molecular complexity index is 774. The van der Waals surface area contributed by atoms with E-state index in [1.54, 1.807) is 26.4 Å². The van der Waals surface area contributed by atoms with Gasteiger partial charge in [0.05, 0.1) is 27.2 Å². The van der Waals surface area contributed by atoms with Gasteiger partial charge in [0, 0.05) is 6.54 Å². The van der Waals surface area contributed by atoms with Gasteiger partial charge < -0.3 is 20.1 Å². The Morgan fingerprint density at radius 1 is 0.885 bits per heavy atom. The molecule has 0 bridgehead atoms. The SMILES string of the molecule is COc1ccc(CNC(=O)CNC(=O)Cc2cccc(C)c2)cc1OC. The van der Waals surface area contributed by atoms with Crippen molar-refractivity contribution in [1.82, 2.24) is 10.6 Å². The molecule has 6 nitrogen and oxygen atoms in total.